The third kappa shape index (κ3) is 5.14. The summed E-state index contributed by atoms with van der Waals surface area (Å²) in [6, 6.07) is 15.9. The summed E-state index contributed by atoms with van der Waals surface area (Å²) in [4.78, 5) is 20.0. The lowest BCUT2D eigenvalue weighted by Crippen LogP contribution is -2.36. The number of nitrogens with one attached hydrogen (secondary N) is 1. The van der Waals surface area contributed by atoms with Crippen molar-refractivity contribution in [2.45, 2.75) is 27.7 Å². The van der Waals surface area contributed by atoms with Gasteiger partial charge in [-0.15, -0.1) is 0 Å². The fraction of sp³-hybridized carbons (Fsp3) is 0.321. The maximum atomic E-state index is 13.1. The molecule has 0 spiro atoms. The van der Waals surface area contributed by atoms with Crippen LogP contribution in [-0.4, -0.2) is 61.1 Å². The van der Waals surface area contributed by atoms with Crippen molar-refractivity contribution in [1.82, 2.24) is 19.5 Å². The Hall–Kier alpha value is -3.76. The van der Waals surface area contributed by atoms with E-state index in [4.69, 9.17) is 9.84 Å². The third-order valence-electron chi connectivity index (χ3n) is 6.68. The van der Waals surface area contributed by atoms with Gasteiger partial charge in [0.1, 0.15) is 5.69 Å². The summed E-state index contributed by atoms with van der Waals surface area (Å²) >= 11 is 0. The van der Waals surface area contributed by atoms with Gasteiger partial charge in [0.25, 0.3) is 5.91 Å². The molecule has 10 heteroatoms. The second-order valence-electron chi connectivity index (χ2n) is 9.58. The monoisotopic (exact) mass is 533 g/mol. The molecule has 1 fully saturated rings. The van der Waals surface area contributed by atoms with Gasteiger partial charge in [0, 0.05) is 18.8 Å². The fourth-order valence-electron chi connectivity index (χ4n) is 4.82. The first-order valence-electron chi connectivity index (χ1n) is 12.6. The van der Waals surface area contributed by atoms with E-state index in [1.54, 1.807) is 10.7 Å². The molecule has 4 aromatic rings. The van der Waals surface area contributed by atoms with Crippen LogP contribution in [0.4, 0.5) is 5.69 Å². The number of carbonyl (C=O) groups is 1. The minimum Gasteiger partial charge on any atom is -0.378 e. The summed E-state index contributed by atoms with van der Waals surface area (Å²) in [6.45, 7) is 10.5. The smallest absolute Gasteiger partial charge is 0.283 e. The van der Waals surface area contributed by atoms with E-state index >= 15 is 0 Å². The molecule has 0 saturated carbocycles. The highest BCUT2D eigenvalue weighted by Gasteiger charge is 2.22. The fourth-order valence-corrected chi connectivity index (χ4v) is 5.36. The Labute approximate surface area is 222 Å². The molecule has 0 atom stereocenters. The molecule has 1 N–H and O–H groups in total. The maximum absolute atomic E-state index is 13.1. The average Bonchev–Trinajstić information content (AvgIpc) is 3.24. The number of ether oxygens (including phenoxy) is 1. The predicted molar refractivity (Wildman–Crippen MR) is 148 cm³/mol. The van der Waals surface area contributed by atoms with Crippen molar-refractivity contribution in [2.75, 3.05) is 37.0 Å². The summed E-state index contributed by atoms with van der Waals surface area (Å²) in [5, 5.41) is 5.60. The van der Waals surface area contributed by atoms with Crippen LogP contribution in [-0.2, 0) is 14.8 Å². The first-order valence-corrected chi connectivity index (χ1v) is 14.3. The number of sulfonamides is 1. The van der Waals surface area contributed by atoms with Crippen LogP contribution in [0.5, 0.6) is 0 Å². The number of benzene rings is 2. The lowest BCUT2D eigenvalue weighted by molar-refractivity contribution is 0.0977. The molecule has 0 radical (unpaired) electrons. The van der Waals surface area contributed by atoms with Crippen LogP contribution in [0.1, 0.15) is 34.2 Å². The van der Waals surface area contributed by atoms with E-state index in [1.807, 2.05) is 45.0 Å². The number of pyridine rings is 1. The van der Waals surface area contributed by atoms with Gasteiger partial charge in [0.2, 0.25) is 10.0 Å². The van der Waals surface area contributed by atoms with Gasteiger partial charge in [0.05, 0.1) is 35.7 Å². The number of fused-ring (bicyclic) bond motifs is 1. The molecule has 38 heavy (non-hydrogen) atoms. The Morgan fingerprint density at radius 3 is 2.26 bits per heavy atom. The van der Waals surface area contributed by atoms with Gasteiger partial charge in [-0.05, 0) is 80.3 Å². The zero-order valence-corrected chi connectivity index (χ0v) is 22.8. The van der Waals surface area contributed by atoms with Crippen molar-refractivity contribution in [3.63, 3.8) is 0 Å². The molecule has 2 aromatic heterocycles. The van der Waals surface area contributed by atoms with Gasteiger partial charge < -0.3 is 9.64 Å². The summed E-state index contributed by atoms with van der Waals surface area (Å²) in [5.41, 5.74) is 6.95. The number of rotatable bonds is 6. The number of aromatic nitrogens is 3. The van der Waals surface area contributed by atoms with Gasteiger partial charge in [-0.2, -0.15) is 5.10 Å². The van der Waals surface area contributed by atoms with Gasteiger partial charge in [-0.1, -0.05) is 18.2 Å². The number of hydrogen-bond acceptors (Lipinski definition) is 7. The first-order chi connectivity index (χ1) is 18.1. The molecule has 1 aliphatic rings. The van der Waals surface area contributed by atoms with Crippen molar-refractivity contribution < 1.29 is 17.9 Å². The zero-order chi connectivity index (χ0) is 27.0. The molecule has 9 nitrogen and oxygen atoms in total. The quantitative estimate of drug-likeness (QED) is 0.400. The van der Waals surface area contributed by atoms with Crippen molar-refractivity contribution >= 4 is 32.7 Å². The van der Waals surface area contributed by atoms with Gasteiger partial charge >= 0.3 is 0 Å². The summed E-state index contributed by atoms with van der Waals surface area (Å²) < 4.78 is 33.6. The lowest BCUT2D eigenvalue weighted by Gasteiger charge is -2.29. The molecule has 1 saturated heterocycles. The van der Waals surface area contributed by atoms with Crippen molar-refractivity contribution in [1.29, 1.82) is 0 Å². The molecule has 0 unspecified atom stereocenters. The average molecular weight is 534 g/mol. The minimum absolute atomic E-state index is 0.00676. The van der Waals surface area contributed by atoms with Crippen molar-refractivity contribution in [3.8, 4) is 16.8 Å². The van der Waals surface area contributed by atoms with Crippen LogP contribution >= 0.6 is 0 Å². The first kappa shape index (κ1) is 25.9. The third-order valence-corrected chi connectivity index (χ3v) is 7.94. The highest BCUT2D eigenvalue weighted by atomic mass is 32.2. The number of amides is 1. The molecule has 0 bridgehead atoms. The van der Waals surface area contributed by atoms with E-state index in [-0.39, 0.29) is 11.4 Å². The van der Waals surface area contributed by atoms with E-state index in [2.05, 4.69) is 32.8 Å². The topological polar surface area (TPSA) is 106 Å². The van der Waals surface area contributed by atoms with E-state index in [0.29, 0.717) is 18.9 Å². The van der Waals surface area contributed by atoms with Crippen LogP contribution in [0, 0.1) is 20.8 Å². The Kier molecular flexibility index (Phi) is 6.93. The van der Waals surface area contributed by atoms with Crippen LogP contribution < -0.4 is 9.62 Å². The Balaban J connectivity index is 1.68. The number of morpholine rings is 1. The van der Waals surface area contributed by atoms with Gasteiger partial charge in [-0.25, -0.2) is 22.8 Å². The molecule has 1 aliphatic heterocycles. The van der Waals surface area contributed by atoms with Crippen LogP contribution in [0.2, 0.25) is 0 Å². The van der Waals surface area contributed by atoms with Gasteiger partial charge in [-0.3, -0.25) is 4.79 Å². The number of anilines is 1. The normalized spacial score (nSPS) is 14.2. The van der Waals surface area contributed by atoms with Gasteiger partial charge in [0.15, 0.2) is 5.65 Å². The maximum Gasteiger partial charge on any atom is 0.283 e. The number of hydrogen-bond donors (Lipinski definition) is 1. The molecule has 1 amide bonds. The second-order valence-corrected chi connectivity index (χ2v) is 11.6. The Bertz CT molecular complexity index is 1600. The minimum atomic E-state index is -3.76. The number of aryl methyl sites for hydroxylation is 3. The molecule has 0 aliphatic carbocycles. The van der Waals surface area contributed by atoms with E-state index in [1.165, 1.54) is 6.92 Å². The van der Waals surface area contributed by atoms with Crippen molar-refractivity contribution in [2.24, 2.45) is 0 Å². The largest absolute Gasteiger partial charge is 0.378 e. The number of carbonyl (C=O) groups excluding carboxylic acids is 1. The second kappa shape index (κ2) is 10.2. The van der Waals surface area contributed by atoms with Crippen molar-refractivity contribution in [3.05, 3.63) is 71.0 Å². The number of nitrogens with zero attached hydrogens (tertiary/aromatic N) is 4. The summed E-state index contributed by atoms with van der Waals surface area (Å²) in [6.07, 6.45) is 0. The van der Waals surface area contributed by atoms with E-state index in [0.717, 1.165) is 57.8 Å². The lowest BCUT2D eigenvalue weighted by atomic mass is 10.0. The van der Waals surface area contributed by atoms with E-state index in [9.17, 15) is 13.2 Å². The predicted octanol–water partition coefficient (Wildman–Crippen LogP) is 3.93. The Morgan fingerprint density at radius 1 is 0.974 bits per heavy atom. The summed E-state index contributed by atoms with van der Waals surface area (Å²) in [7, 11) is -3.76. The molecular formula is C28H31N5O4S. The molecule has 3 heterocycles. The van der Waals surface area contributed by atoms with Crippen LogP contribution in [0.15, 0.2) is 48.5 Å². The van der Waals surface area contributed by atoms with Crippen LogP contribution in [0.25, 0.3) is 27.8 Å². The SMILES string of the molecule is CCS(=O)(=O)NC(=O)c1cc(-c2ccc(N3CCOCC3)cc2)c2c(C)nn(-c3cc(C)cc(C)c3)c2n1. The van der Waals surface area contributed by atoms with Crippen LogP contribution in [0.3, 0.4) is 0 Å². The molecule has 5 rings (SSSR count). The summed E-state index contributed by atoms with van der Waals surface area (Å²) in [5.74, 6) is -0.984. The molecular weight excluding hydrogens is 502 g/mol. The standard InChI is InChI=1S/C28H31N5O4S/c1-5-38(35,36)31-28(34)25-17-24(21-6-8-22(9-7-21)32-10-12-37-13-11-32)26-20(4)30-33(27(26)29-25)23-15-18(2)14-19(3)16-23/h6-9,14-17H,5,10-13H2,1-4H3,(H,31,34). The highest BCUT2D eigenvalue weighted by molar-refractivity contribution is 7.90. The molecule has 198 valence electrons. The highest BCUT2D eigenvalue weighted by Crippen LogP contribution is 2.34. The zero-order valence-electron chi connectivity index (χ0n) is 22.0. The van der Waals surface area contributed by atoms with E-state index < -0.39 is 15.9 Å². The molecule has 2 aromatic carbocycles. The Morgan fingerprint density at radius 2 is 1.63 bits per heavy atom.